The van der Waals surface area contributed by atoms with Gasteiger partial charge in [-0.1, -0.05) is 6.07 Å². The van der Waals surface area contributed by atoms with Crippen LogP contribution in [0.1, 0.15) is 11.1 Å². The van der Waals surface area contributed by atoms with Crippen LogP contribution in [0.5, 0.6) is 0 Å². The van der Waals surface area contributed by atoms with Gasteiger partial charge in [-0.25, -0.2) is 4.98 Å². The number of fused-ring (bicyclic) bond motifs is 1. The summed E-state index contributed by atoms with van der Waals surface area (Å²) in [6.45, 7) is 0.978. The highest BCUT2D eigenvalue weighted by Crippen LogP contribution is 2.25. The molecular weight excluding hydrogens is 316 g/mol. The van der Waals surface area contributed by atoms with Gasteiger partial charge in [0, 0.05) is 42.0 Å². The van der Waals surface area contributed by atoms with Crippen molar-refractivity contribution >= 4 is 22.4 Å². The number of hydrogen-bond donors (Lipinski definition) is 2. The Labute approximate surface area is 145 Å². The molecule has 0 fully saturated rings. The van der Waals surface area contributed by atoms with Crippen LogP contribution in [0, 0.1) is 0 Å². The summed E-state index contributed by atoms with van der Waals surface area (Å²) < 4.78 is 10.5. The molecule has 2 aromatic heterocycles. The number of nitrogens with zero attached hydrogens (tertiary/aromatic N) is 2. The quantitative estimate of drug-likeness (QED) is 0.745. The standard InChI is InChI=1S/C19H18N4O2/c20-19-15(8-17-11-24-12-25-17)6-14-7-16(3-4-18(14)23-19)22-10-13-2-1-5-21-9-13/h1-7,9,11,22H,8,10,12H2,(H2,20,23). The lowest BCUT2D eigenvalue weighted by Crippen LogP contribution is -2.02. The third-order valence-electron chi connectivity index (χ3n) is 4.04. The van der Waals surface area contributed by atoms with Crippen molar-refractivity contribution < 1.29 is 9.47 Å². The number of hydrogen-bond acceptors (Lipinski definition) is 6. The van der Waals surface area contributed by atoms with Crippen LogP contribution in [0.3, 0.4) is 0 Å². The second-order valence-electron chi connectivity index (χ2n) is 5.84. The molecule has 0 radical (unpaired) electrons. The molecule has 6 nitrogen and oxygen atoms in total. The minimum Gasteiger partial charge on any atom is -0.462 e. The molecule has 0 unspecified atom stereocenters. The summed E-state index contributed by atoms with van der Waals surface area (Å²) in [5, 5.41) is 4.43. The van der Waals surface area contributed by atoms with Crippen molar-refractivity contribution in [3.05, 3.63) is 71.9 Å². The van der Waals surface area contributed by atoms with Crippen LogP contribution >= 0.6 is 0 Å². The van der Waals surface area contributed by atoms with E-state index in [0.717, 1.165) is 33.5 Å². The molecule has 0 bridgehead atoms. The van der Waals surface area contributed by atoms with Crippen molar-refractivity contribution in [1.29, 1.82) is 0 Å². The van der Waals surface area contributed by atoms with Gasteiger partial charge in [0.25, 0.3) is 0 Å². The first-order chi connectivity index (χ1) is 12.3. The molecule has 6 heteroatoms. The van der Waals surface area contributed by atoms with Gasteiger partial charge in [0.15, 0.2) is 0 Å². The molecule has 0 saturated carbocycles. The zero-order valence-electron chi connectivity index (χ0n) is 13.6. The topological polar surface area (TPSA) is 82.3 Å². The second kappa shape index (κ2) is 6.68. The van der Waals surface area contributed by atoms with Gasteiger partial charge in [-0.05, 0) is 35.9 Å². The molecular formula is C19H18N4O2. The van der Waals surface area contributed by atoms with Crippen molar-refractivity contribution in [2.75, 3.05) is 17.8 Å². The van der Waals surface area contributed by atoms with Gasteiger partial charge >= 0.3 is 0 Å². The fraction of sp³-hybridized carbons (Fsp3) is 0.158. The monoisotopic (exact) mass is 334 g/mol. The Kier molecular flexibility index (Phi) is 4.08. The molecule has 0 amide bonds. The number of benzene rings is 1. The smallest absolute Gasteiger partial charge is 0.229 e. The molecule has 0 atom stereocenters. The summed E-state index contributed by atoms with van der Waals surface area (Å²) in [5.41, 5.74) is 10.0. The number of nitrogen functional groups attached to an aromatic ring is 1. The Balaban J connectivity index is 1.57. The molecule has 1 aliphatic rings. The maximum absolute atomic E-state index is 6.08. The molecule has 0 spiro atoms. The number of nitrogens with two attached hydrogens (primary N) is 1. The van der Waals surface area contributed by atoms with Gasteiger partial charge in [-0.2, -0.15) is 0 Å². The maximum atomic E-state index is 6.08. The van der Waals surface area contributed by atoms with Crippen LogP contribution < -0.4 is 11.1 Å². The predicted molar refractivity (Wildman–Crippen MR) is 96.5 cm³/mol. The fourth-order valence-corrected chi connectivity index (χ4v) is 2.74. The van der Waals surface area contributed by atoms with Crippen molar-refractivity contribution in [2.45, 2.75) is 13.0 Å². The van der Waals surface area contributed by atoms with Crippen molar-refractivity contribution in [2.24, 2.45) is 0 Å². The van der Waals surface area contributed by atoms with E-state index >= 15 is 0 Å². The van der Waals surface area contributed by atoms with Crippen LogP contribution in [-0.2, 0) is 22.4 Å². The Hall–Kier alpha value is -3.28. The highest BCUT2D eigenvalue weighted by Gasteiger charge is 2.12. The van der Waals surface area contributed by atoms with E-state index < -0.39 is 0 Å². The zero-order valence-corrected chi connectivity index (χ0v) is 13.6. The van der Waals surface area contributed by atoms with Crippen molar-refractivity contribution in [3.63, 3.8) is 0 Å². The molecule has 3 aromatic rings. The summed E-state index contributed by atoms with van der Waals surface area (Å²) in [7, 11) is 0. The Morgan fingerprint density at radius 2 is 2.16 bits per heavy atom. The summed E-state index contributed by atoms with van der Waals surface area (Å²) in [4.78, 5) is 8.62. The average Bonchev–Trinajstić information content (AvgIpc) is 3.15. The van der Waals surface area contributed by atoms with E-state index in [9.17, 15) is 0 Å². The minimum atomic E-state index is 0.263. The molecule has 1 aliphatic heterocycles. The zero-order chi connectivity index (χ0) is 17.1. The molecule has 0 aliphatic carbocycles. The number of nitrogens with one attached hydrogen (secondary N) is 1. The minimum absolute atomic E-state index is 0.263. The first kappa shape index (κ1) is 15.3. The van der Waals surface area contributed by atoms with Gasteiger partial charge in [0.05, 0.1) is 5.52 Å². The lowest BCUT2D eigenvalue weighted by molar-refractivity contribution is 0.0791. The van der Waals surface area contributed by atoms with E-state index in [2.05, 4.69) is 27.4 Å². The number of ether oxygens (including phenoxy) is 2. The molecule has 25 heavy (non-hydrogen) atoms. The molecule has 3 heterocycles. The van der Waals surface area contributed by atoms with E-state index in [1.54, 1.807) is 12.5 Å². The van der Waals surface area contributed by atoms with Crippen molar-refractivity contribution in [3.8, 4) is 0 Å². The average molecular weight is 334 g/mol. The molecule has 0 saturated heterocycles. The SMILES string of the molecule is Nc1nc2ccc(NCc3cccnc3)cc2cc1CC1=COCO1. The summed E-state index contributed by atoms with van der Waals surface area (Å²) in [6.07, 6.45) is 5.81. The number of allylic oxidation sites excluding steroid dienone is 1. The van der Waals surface area contributed by atoms with Crippen LogP contribution in [0.4, 0.5) is 11.5 Å². The van der Waals surface area contributed by atoms with E-state index in [-0.39, 0.29) is 6.79 Å². The Bertz CT molecular complexity index is 925. The normalized spacial score (nSPS) is 13.2. The Morgan fingerprint density at radius 1 is 1.20 bits per heavy atom. The summed E-state index contributed by atoms with van der Waals surface area (Å²) in [5.74, 6) is 1.28. The van der Waals surface area contributed by atoms with E-state index in [4.69, 9.17) is 15.2 Å². The third-order valence-corrected chi connectivity index (χ3v) is 4.04. The van der Waals surface area contributed by atoms with E-state index in [1.165, 1.54) is 0 Å². The third kappa shape index (κ3) is 3.47. The fourth-order valence-electron chi connectivity index (χ4n) is 2.74. The van der Waals surface area contributed by atoms with Crippen LogP contribution in [-0.4, -0.2) is 16.8 Å². The second-order valence-corrected chi connectivity index (χ2v) is 5.84. The van der Waals surface area contributed by atoms with Gasteiger partial charge in [0.1, 0.15) is 17.8 Å². The van der Waals surface area contributed by atoms with Gasteiger partial charge < -0.3 is 20.5 Å². The van der Waals surface area contributed by atoms with Crippen LogP contribution in [0.2, 0.25) is 0 Å². The van der Waals surface area contributed by atoms with Gasteiger partial charge in [-0.3, -0.25) is 4.98 Å². The van der Waals surface area contributed by atoms with Crippen LogP contribution in [0.15, 0.2) is 60.8 Å². The molecule has 126 valence electrons. The highest BCUT2D eigenvalue weighted by molar-refractivity contribution is 5.84. The lowest BCUT2D eigenvalue weighted by atomic mass is 10.1. The lowest BCUT2D eigenvalue weighted by Gasteiger charge is -2.10. The van der Waals surface area contributed by atoms with Gasteiger partial charge in [-0.15, -0.1) is 0 Å². The number of pyridine rings is 2. The number of anilines is 2. The Morgan fingerprint density at radius 3 is 2.96 bits per heavy atom. The number of aromatic nitrogens is 2. The molecule has 3 N–H and O–H groups in total. The first-order valence-corrected chi connectivity index (χ1v) is 8.03. The summed E-state index contributed by atoms with van der Waals surface area (Å²) >= 11 is 0. The predicted octanol–water partition coefficient (Wildman–Crippen LogP) is 3.21. The maximum Gasteiger partial charge on any atom is 0.229 e. The first-order valence-electron chi connectivity index (χ1n) is 8.03. The number of rotatable bonds is 5. The van der Waals surface area contributed by atoms with Gasteiger partial charge in [0.2, 0.25) is 6.79 Å². The highest BCUT2D eigenvalue weighted by atomic mass is 16.7. The van der Waals surface area contributed by atoms with Crippen molar-refractivity contribution in [1.82, 2.24) is 9.97 Å². The van der Waals surface area contributed by atoms with E-state index in [0.29, 0.717) is 18.8 Å². The summed E-state index contributed by atoms with van der Waals surface area (Å²) in [6, 6.07) is 12.1. The molecule has 4 rings (SSSR count). The largest absolute Gasteiger partial charge is 0.462 e. The van der Waals surface area contributed by atoms with Crippen LogP contribution in [0.25, 0.3) is 10.9 Å². The van der Waals surface area contributed by atoms with E-state index in [1.807, 2.05) is 30.5 Å². The molecule has 1 aromatic carbocycles.